The van der Waals surface area contributed by atoms with E-state index in [2.05, 4.69) is 15.2 Å². The lowest BCUT2D eigenvalue weighted by Gasteiger charge is -2.03. The van der Waals surface area contributed by atoms with Gasteiger partial charge in [0.25, 0.3) is 5.78 Å². The van der Waals surface area contributed by atoms with Crippen LogP contribution in [0.4, 0.5) is 0 Å². The van der Waals surface area contributed by atoms with Gasteiger partial charge in [0.2, 0.25) is 5.88 Å². The summed E-state index contributed by atoms with van der Waals surface area (Å²) in [5.41, 5.74) is 0.0132. The predicted molar refractivity (Wildman–Crippen MR) is 53.1 cm³/mol. The molecule has 0 amide bonds. The molecule has 0 bridgehead atoms. The van der Waals surface area contributed by atoms with Crippen LogP contribution in [-0.4, -0.2) is 37.3 Å². The predicted octanol–water partition coefficient (Wildman–Crippen LogP) is 0.315. The van der Waals surface area contributed by atoms with Crippen molar-refractivity contribution in [2.24, 2.45) is 0 Å². The molecule has 0 radical (unpaired) electrons. The van der Waals surface area contributed by atoms with Gasteiger partial charge >= 0.3 is 5.97 Å². The molecular weight excluding hydrogens is 212 g/mol. The third-order valence-corrected chi connectivity index (χ3v) is 2.01. The lowest BCUT2D eigenvalue weighted by Crippen LogP contribution is -2.08. The average Bonchev–Trinajstić information content (AvgIpc) is 2.61. The van der Waals surface area contributed by atoms with Gasteiger partial charge in [-0.15, -0.1) is 10.2 Å². The number of carbonyl (C=O) groups excluding carboxylic acids is 1. The van der Waals surface area contributed by atoms with E-state index in [-0.39, 0.29) is 24.0 Å². The molecule has 2 aromatic rings. The summed E-state index contributed by atoms with van der Waals surface area (Å²) in [5.74, 6) is -0.0764. The van der Waals surface area contributed by atoms with E-state index in [9.17, 15) is 9.90 Å². The van der Waals surface area contributed by atoms with E-state index in [0.29, 0.717) is 5.82 Å². The van der Waals surface area contributed by atoms with Crippen LogP contribution in [0.3, 0.4) is 0 Å². The highest BCUT2D eigenvalue weighted by atomic mass is 16.5. The van der Waals surface area contributed by atoms with Crippen LogP contribution in [0, 0.1) is 6.92 Å². The van der Waals surface area contributed by atoms with Gasteiger partial charge in [-0.25, -0.2) is 14.2 Å². The number of aromatic hydroxyl groups is 1. The first-order valence-electron chi connectivity index (χ1n) is 4.72. The zero-order valence-corrected chi connectivity index (χ0v) is 8.84. The van der Waals surface area contributed by atoms with Gasteiger partial charge in [0.1, 0.15) is 5.82 Å². The number of aromatic nitrogens is 4. The van der Waals surface area contributed by atoms with Gasteiger partial charge in [0.15, 0.2) is 5.69 Å². The summed E-state index contributed by atoms with van der Waals surface area (Å²) in [6.07, 6.45) is 0. The molecule has 0 unspecified atom stereocenters. The fraction of sp³-hybridized carbons (Fsp3) is 0.333. The van der Waals surface area contributed by atoms with Gasteiger partial charge in [-0.1, -0.05) is 0 Å². The highest BCUT2D eigenvalue weighted by Crippen LogP contribution is 2.14. The first kappa shape index (κ1) is 10.3. The van der Waals surface area contributed by atoms with Gasteiger partial charge in [-0.05, 0) is 13.8 Å². The quantitative estimate of drug-likeness (QED) is 0.736. The Morgan fingerprint density at radius 2 is 2.31 bits per heavy atom. The molecule has 0 fully saturated rings. The molecule has 7 heteroatoms. The van der Waals surface area contributed by atoms with Crippen LogP contribution in [0.1, 0.15) is 23.2 Å². The number of carbonyl (C=O) groups is 1. The van der Waals surface area contributed by atoms with E-state index in [1.807, 2.05) is 0 Å². The minimum atomic E-state index is -0.596. The molecule has 0 atom stereocenters. The van der Waals surface area contributed by atoms with E-state index < -0.39 is 5.97 Å². The van der Waals surface area contributed by atoms with Crippen molar-refractivity contribution in [3.8, 4) is 5.88 Å². The second-order valence-corrected chi connectivity index (χ2v) is 3.10. The average molecular weight is 222 g/mol. The van der Waals surface area contributed by atoms with Crippen molar-refractivity contribution < 1.29 is 14.6 Å². The molecule has 0 aliphatic rings. The second-order valence-electron chi connectivity index (χ2n) is 3.10. The maximum atomic E-state index is 11.4. The Labute approximate surface area is 90.7 Å². The molecule has 0 aliphatic carbocycles. The maximum absolute atomic E-state index is 11.4. The van der Waals surface area contributed by atoms with Gasteiger partial charge in [0.05, 0.1) is 6.61 Å². The molecule has 0 saturated heterocycles. The summed E-state index contributed by atoms with van der Waals surface area (Å²) in [6.45, 7) is 3.61. The number of hydrogen-bond acceptors (Lipinski definition) is 6. The van der Waals surface area contributed by atoms with Gasteiger partial charge in [-0.2, -0.15) is 0 Å². The van der Waals surface area contributed by atoms with E-state index in [0.717, 1.165) is 0 Å². The van der Waals surface area contributed by atoms with Crippen molar-refractivity contribution in [3.63, 3.8) is 0 Å². The van der Waals surface area contributed by atoms with E-state index in [1.54, 1.807) is 13.8 Å². The molecule has 2 aromatic heterocycles. The molecule has 16 heavy (non-hydrogen) atoms. The summed E-state index contributed by atoms with van der Waals surface area (Å²) < 4.78 is 6.10. The standard InChI is InChI=1S/C9H10N4O3/c1-3-16-8(15)6-4-7(14)13-5(2)11-12-9(13)10-6/h4,14H,3H2,1-2H3. The van der Waals surface area contributed by atoms with Crippen LogP contribution in [0.2, 0.25) is 0 Å². The zero-order chi connectivity index (χ0) is 11.7. The Morgan fingerprint density at radius 3 is 3.00 bits per heavy atom. The monoisotopic (exact) mass is 222 g/mol. The summed E-state index contributed by atoms with van der Waals surface area (Å²) in [7, 11) is 0. The number of nitrogens with zero attached hydrogens (tertiary/aromatic N) is 4. The fourth-order valence-corrected chi connectivity index (χ4v) is 1.33. The van der Waals surface area contributed by atoms with E-state index >= 15 is 0 Å². The number of esters is 1. The van der Waals surface area contributed by atoms with Crippen LogP contribution in [-0.2, 0) is 4.74 Å². The first-order chi connectivity index (χ1) is 7.63. The first-order valence-corrected chi connectivity index (χ1v) is 4.72. The minimum Gasteiger partial charge on any atom is -0.494 e. The van der Waals surface area contributed by atoms with Crippen LogP contribution in [0.5, 0.6) is 5.88 Å². The van der Waals surface area contributed by atoms with Crippen molar-refractivity contribution in [3.05, 3.63) is 17.6 Å². The number of rotatable bonds is 2. The fourth-order valence-electron chi connectivity index (χ4n) is 1.33. The Morgan fingerprint density at radius 1 is 1.56 bits per heavy atom. The SMILES string of the molecule is CCOC(=O)c1cc(O)n2c(C)nnc2n1. The highest BCUT2D eigenvalue weighted by molar-refractivity contribution is 5.88. The number of ether oxygens (including phenoxy) is 1. The van der Waals surface area contributed by atoms with Crippen molar-refractivity contribution in [1.82, 2.24) is 19.6 Å². The molecular formula is C9H10N4O3. The van der Waals surface area contributed by atoms with Crippen LogP contribution in [0.15, 0.2) is 6.07 Å². The topological polar surface area (TPSA) is 89.6 Å². The molecule has 2 rings (SSSR count). The molecule has 2 heterocycles. The molecule has 0 spiro atoms. The van der Waals surface area contributed by atoms with E-state index in [1.165, 1.54) is 10.5 Å². The van der Waals surface area contributed by atoms with Gasteiger partial charge < -0.3 is 9.84 Å². The largest absolute Gasteiger partial charge is 0.494 e. The molecule has 84 valence electrons. The van der Waals surface area contributed by atoms with Crippen LogP contribution < -0.4 is 0 Å². The molecule has 0 aromatic carbocycles. The lowest BCUT2D eigenvalue weighted by atomic mass is 10.4. The Kier molecular flexibility index (Phi) is 2.43. The van der Waals surface area contributed by atoms with E-state index in [4.69, 9.17) is 4.74 Å². The highest BCUT2D eigenvalue weighted by Gasteiger charge is 2.14. The van der Waals surface area contributed by atoms with Crippen LogP contribution >= 0.6 is 0 Å². The summed E-state index contributed by atoms with van der Waals surface area (Å²) in [6, 6.07) is 1.22. The van der Waals surface area contributed by atoms with Crippen molar-refractivity contribution >= 4 is 11.7 Å². The number of fused-ring (bicyclic) bond motifs is 1. The third-order valence-electron chi connectivity index (χ3n) is 2.01. The number of aryl methyl sites for hydroxylation is 1. The van der Waals surface area contributed by atoms with Crippen molar-refractivity contribution in [2.75, 3.05) is 6.61 Å². The molecule has 7 nitrogen and oxygen atoms in total. The Hall–Kier alpha value is -2.18. The number of hydrogen-bond donors (Lipinski definition) is 1. The lowest BCUT2D eigenvalue weighted by molar-refractivity contribution is 0.0519. The summed E-state index contributed by atoms with van der Waals surface area (Å²) >= 11 is 0. The molecule has 0 saturated carbocycles. The van der Waals surface area contributed by atoms with Crippen molar-refractivity contribution in [2.45, 2.75) is 13.8 Å². The third kappa shape index (κ3) is 1.56. The summed E-state index contributed by atoms with van der Waals surface area (Å²) in [4.78, 5) is 15.3. The van der Waals surface area contributed by atoms with Gasteiger partial charge in [-0.3, -0.25) is 0 Å². The van der Waals surface area contributed by atoms with Gasteiger partial charge in [0, 0.05) is 6.07 Å². The Bertz CT molecular complexity index is 549. The molecule has 0 aliphatic heterocycles. The molecule has 1 N–H and O–H groups in total. The maximum Gasteiger partial charge on any atom is 0.357 e. The summed E-state index contributed by atoms with van der Waals surface area (Å²) in [5, 5.41) is 17.1. The normalized spacial score (nSPS) is 10.6. The minimum absolute atomic E-state index is 0.0132. The zero-order valence-electron chi connectivity index (χ0n) is 8.84. The second kappa shape index (κ2) is 3.76. The van der Waals surface area contributed by atoms with Crippen molar-refractivity contribution in [1.29, 1.82) is 0 Å². The smallest absolute Gasteiger partial charge is 0.357 e. The Balaban J connectivity index is 2.54. The van der Waals surface area contributed by atoms with Crippen LogP contribution in [0.25, 0.3) is 5.78 Å².